The van der Waals surface area contributed by atoms with Crippen molar-refractivity contribution in [3.05, 3.63) is 44.4 Å². The van der Waals surface area contributed by atoms with Crippen LogP contribution < -0.4 is 0 Å². The summed E-state index contributed by atoms with van der Waals surface area (Å²) in [6, 6.07) is 6.78. The number of carbonyl (C=O) groups excluding carboxylic acids is 1. The van der Waals surface area contributed by atoms with Crippen LogP contribution in [0.5, 0.6) is 0 Å². The van der Waals surface area contributed by atoms with Gasteiger partial charge in [0.15, 0.2) is 0 Å². The second-order valence-electron chi connectivity index (χ2n) is 4.33. The van der Waals surface area contributed by atoms with E-state index in [0.717, 1.165) is 4.47 Å². The van der Waals surface area contributed by atoms with Gasteiger partial charge in [0.05, 0.1) is 7.11 Å². The number of ether oxygens (including phenoxy) is 1. The number of hydrogen-bond acceptors (Lipinski definition) is 6. The van der Waals surface area contributed by atoms with Gasteiger partial charge in [-0.3, -0.25) is 9.69 Å². The predicted octanol–water partition coefficient (Wildman–Crippen LogP) is 1.56. The Morgan fingerprint density at radius 3 is 2.90 bits per heavy atom. The van der Waals surface area contributed by atoms with Crippen molar-refractivity contribution in [2.75, 3.05) is 20.2 Å². The molecule has 3 atom stereocenters. The summed E-state index contributed by atoms with van der Waals surface area (Å²) in [5, 5.41) is 9.81. The summed E-state index contributed by atoms with van der Waals surface area (Å²) in [7, 11) is 1.32. The van der Waals surface area contributed by atoms with E-state index >= 15 is 0 Å². The average Bonchev–Trinajstić information content (AvgIpc) is 3.16. The molecule has 0 saturated carbocycles. The molecule has 8 heteroatoms. The van der Waals surface area contributed by atoms with Gasteiger partial charge in [-0.25, -0.2) is 0 Å². The van der Waals surface area contributed by atoms with E-state index in [2.05, 4.69) is 20.7 Å². The summed E-state index contributed by atoms with van der Waals surface area (Å²) in [6.45, 7) is 0.776. The summed E-state index contributed by atoms with van der Waals surface area (Å²) in [6.07, 6.45) is -0.754. The molecule has 2 rings (SSSR count). The molecular formula is C12H13BrN2O5. The molecule has 108 valence electrons. The van der Waals surface area contributed by atoms with Gasteiger partial charge in [0.2, 0.25) is 0 Å². The molecule has 0 radical (unpaired) electrons. The molecule has 0 bridgehead atoms. The molecule has 1 aliphatic heterocycles. The van der Waals surface area contributed by atoms with Crippen molar-refractivity contribution in [3.63, 3.8) is 0 Å². The monoisotopic (exact) mass is 344 g/mol. The smallest absolute Gasteiger partial charge is 0.324 e. The Bertz CT molecular complexity index is 524. The summed E-state index contributed by atoms with van der Waals surface area (Å²) in [4.78, 5) is 28.5. The minimum atomic E-state index is -0.819. The van der Waals surface area contributed by atoms with E-state index < -0.39 is 11.2 Å². The molecule has 0 spiro atoms. The fraction of sp³-hybridized carbons (Fsp3) is 0.417. The third kappa shape index (κ3) is 3.45. The molecule has 0 aromatic heterocycles. The van der Waals surface area contributed by atoms with Crippen LogP contribution in [0.2, 0.25) is 0 Å². The maximum atomic E-state index is 11.3. The van der Waals surface area contributed by atoms with Crippen molar-refractivity contribution < 1.29 is 19.5 Å². The van der Waals surface area contributed by atoms with Crippen molar-refractivity contribution in [2.24, 2.45) is 0 Å². The van der Waals surface area contributed by atoms with Crippen LogP contribution in [0.3, 0.4) is 0 Å². The zero-order valence-electron chi connectivity index (χ0n) is 10.7. The number of esters is 1. The van der Waals surface area contributed by atoms with E-state index in [1.165, 1.54) is 7.11 Å². The molecule has 3 unspecified atom stereocenters. The van der Waals surface area contributed by atoms with Gasteiger partial charge in [-0.15, -0.1) is 10.1 Å². The summed E-state index contributed by atoms with van der Waals surface area (Å²) in [5.41, 5.74) is 0.666. The largest absolute Gasteiger partial charge is 0.468 e. The summed E-state index contributed by atoms with van der Waals surface area (Å²) in [5.74, 6) is -0.336. The zero-order chi connectivity index (χ0) is 14.7. The fourth-order valence-corrected chi connectivity index (χ4v) is 2.52. The van der Waals surface area contributed by atoms with Crippen LogP contribution in [0.25, 0.3) is 0 Å². The van der Waals surface area contributed by atoms with Crippen LogP contribution in [0, 0.1) is 10.1 Å². The maximum Gasteiger partial charge on any atom is 0.324 e. The van der Waals surface area contributed by atoms with Crippen LogP contribution in [0.1, 0.15) is 11.7 Å². The molecule has 1 aliphatic rings. The van der Waals surface area contributed by atoms with Gasteiger partial charge in [-0.2, -0.15) is 0 Å². The van der Waals surface area contributed by atoms with E-state index in [0.29, 0.717) is 12.1 Å². The van der Waals surface area contributed by atoms with Crippen molar-refractivity contribution >= 4 is 21.9 Å². The number of benzene rings is 1. The van der Waals surface area contributed by atoms with Gasteiger partial charge >= 0.3 is 5.97 Å². The lowest BCUT2D eigenvalue weighted by Crippen LogP contribution is -2.22. The number of hydrogen-bond donors (Lipinski definition) is 0. The molecule has 0 N–H and O–H groups in total. The van der Waals surface area contributed by atoms with Crippen molar-refractivity contribution in [1.82, 2.24) is 4.90 Å². The highest BCUT2D eigenvalue weighted by Crippen LogP contribution is 2.30. The van der Waals surface area contributed by atoms with Crippen LogP contribution in [0.15, 0.2) is 28.7 Å². The Balaban J connectivity index is 2.08. The predicted molar refractivity (Wildman–Crippen MR) is 72.3 cm³/mol. The van der Waals surface area contributed by atoms with Gasteiger partial charge in [0.25, 0.3) is 5.09 Å². The molecule has 7 nitrogen and oxygen atoms in total. The van der Waals surface area contributed by atoms with Crippen LogP contribution in [-0.4, -0.2) is 42.2 Å². The Morgan fingerprint density at radius 2 is 2.30 bits per heavy atom. The first-order valence-corrected chi connectivity index (χ1v) is 6.69. The Kier molecular flexibility index (Phi) is 4.56. The van der Waals surface area contributed by atoms with E-state index in [4.69, 9.17) is 4.84 Å². The third-order valence-corrected chi connectivity index (χ3v) is 3.78. The molecule has 0 amide bonds. The molecule has 20 heavy (non-hydrogen) atoms. The lowest BCUT2D eigenvalue weighted by atomic mass is 10.1. The molecule has 1 aromatic carbocycles. The normalized spacial score (nSPS) is 21.9. The molecule has 1 aromatic rings. The van der Waals surface area contributed by atoms with E-state index in [1.54, 1.807) is 23.1 Å². The van der Waals surface area contributed by atoms with Gasteiger partial charge < -0.3 is 9.57 Å². The standard InChI is InChI=1S/C12H13BrN2O5/c1-19-12(16)10-6-14(10)7-11(20-15(17)18)8-4-2-3-5-9(8)13/h2-5,10-11H,6-7H2,1H3. The van der Waals surface area contributed by atoms with Crippen molar-refractivity contribution in [1.29, 1.82) is 0 Å². The molecular weight excluding hydrogens is 332 g/mol. The van der Waals surface area contributed by atoms with Crippen LogP contribution >= 0.6 is 15.9 Å². The molecule has 1 heterocycles. The highest BCUT2D eigenvalue weighted by molar-refractivity contribution is 9.10. The quantitative estimate of drug-likeness (QED) is 0.337. The second-order valence-corrected chi connectivity index (χ2v) is 5.19. The Labute approximate surface area is 123 Å². The first-order chi connectivity index (χ1) is 9.52. The number of nitrogens with zero attached hydrogens (tertiary/aromatic N) is 2. The molecule has 1 saturated heterocycles. The number of carbonyl (C=O) groups is 1. The highest BCUT2D eigenvalue weighted by Gasteiger charge is 2.43. The van der Waals surface area contributed by atoms with E-state index in [-0.39, 0.29) is 18.6 Å². The summed E-state index contributed by atoms with van der Waals surface area (Å²) < 4.78 is 5.36. The maximum absolute atomic E-state index is 11.3. The van der Waals surface area contributed by atoms with Gasteiger partial charge in [-0.05, 0) is 11.6 Å². The number of rotatable bonds is 6. The average molecular weight is 345 g/mol. The lowest BCUT2D eigenvalue weighted by molar-refractivity contribution is -0.770. The zero-order valence-corrected chi connectivity index (χ0v) is 12.3. The van der Waals surface area contributed by atoms with Gasteiger partial charge in [0.1, 0.15) is 12.1 Å². The van der Waals surface area contributed by atoms with E-state index in [1.807, 2.05) is 6.07 Å². The van der Waals surface area contributed by atoms with Gasteiger partial charge in [-0.1, -0.05) is 34.1 Å². The molecule has 0 aliphatic carbocycles. The fourth-order valence-electron chi connectivity index (χ4n) is 1.98. The van der Waals surface area contributed by atoms with Gasteiger partial charge in [0, 0.05) is 17.6 Å². The van der Waals surface area contributed by atoms with Crippen LogP contribution in [-0.2, 0) is 14.4 Å². The molecule has 1 fully saturated rings. The minimum absolute atomic E-state index is 0.253. The SMILES string of the molecule is COC(=O)C1CN1CC(O[N+](=O)[O-])c1ccccc1Br. The van der Waals surface area contributed by atoms with Crippen molar-refractivity contribution in [2.45, 2.75) is 12.1 Å². The van der Waals surface area contributed by atoms with Crippen LogP contribution in [0.4, 0.5) is 0 Å². The lowest BCUT2D eigenvalue weighted by Gasteiger charge is -2.17. The third-order valence-electron chi connectivity index (χ3n) is 3.05. The minimum Gasteiger partial charge on any atom is -0.468 e. The first kappa shape index (κ1) is 14.7. The topological polar surface area (TPSA) is 81.7 Å². The number of methoxy groups -OCH3 is 1. The summed E-state index contributed by atoms with van der Waals surface area (Å²) >= 11 is 3.34. The van der Waals surface area contributed by atoms with E-state index in [9.17, 15) is 14.9 Å². The first-order valence-electron chi connectivity index (χ1n) is 5.90. The van der Waals surface area contributed by atoms with Crippen molar-refractivity contribution in [3.8, 4) is 0 Å². The number of halogens is 1. The Hall–Kier alpha value is -1.67. The Morgan fingerprint density at radius 1 is 1.60 bits per heavy atom. The highest BCUT2D eigenvalue weighted by atomic mass is 79.9. The second kappa shape index (κ2) is 6.19.